The highest BCUT2D eigenvalue weighted by Gasteiger charge is 2.11. The number of methoxy groups -OCH3 is 1. The van der Waals surface area contributed by atoms with E-state index < -0.39 is 0 Å². The topological polar surface area (TPSA) is 63.2 Å². The number of amides is 1. The summed E-state index contributed by atoms with van der Waals surface area (Å²) in [6.07, 6.45) is 0.250. The molecule has 2 aromatic rings. The number of carbonyl (C=O) groups is 1. The van der Waals surface area contributed by atoms with Crippen LogP contribution in [0.25, 0.3) is 10.6 Å². The minimum absolute atomic E-state index is 0. The molecule has 26 heavy (non-hydrogen) atoms. The van der Waals surface area contributed by atoms with E-state index in [1.165, 1.54) is 11.3 Å². The number of nitrogens with zero attached hydrogens (tertiary/aromatic N) is 1. The van der Waals surface area contributed by atoms with Crippen LogP contribution < -0.4 is 10.6 Å². The predicted molar refractivity (Wildman–Crippen MR) is 114 cm³/mol. The van der Waals surface area contributed by atoms with E-state index >= 15 is 0 Å². The van der Waals surface area contributed by atoms with Crippen LogP contribution >= 0.6 is 59.4 Å². The van der Waals surface area contributed by atoms with Gasteiger partial charge in [0.1, 0.15) is 5.01 Å². The molecule has 1 heterocycles. The van der Waals surface area contributed by atoms with Gasteiger partial charge in [0.25, 0.3) is 0 Å². The standard InChI is InChI=1S/C16H19Cl2N3O2S.2ClH/c1-23-7-6-19-4-5-20-15(22)9-12-10-24-16(21-12)13-3-2-11(17)8-14(13)18;;/h2-3,8,10,19H,4-7,9H2,1H3,(H,20,22);2*1H. The SMILES string of the molecule is COCCNCCNC(=O)Cc1csc(-c2ccc(Cl)cc2Cl)n1.Cl.Cl. The van der Waals surface area contributed by atoms with Gasteiger partial charge in [-0.05, 0) is 18.2 Å². The fourth-order valence-corrected chi connectivity index (χ4v) is 3.40. The maximum atomic E-state index is 11.9. The number of aromatic nitrogens is 1. The lowest BCUT2D eigenvalue weighted by molar-refractivity contribution is -0.120. The summed E-state index contributed by atoms with van der Waals surface area (Å²) >= 11 is 13.5. The summed E-state index contributed by atoms with van der Waals surface area (Å²) in [7, 11) is 1.66. The molecule has 0 fully saturated rings. The molecule has 146 valence electrons. The molecule has 0 aliphatic rings. The molecule has 1 amide bonds. The van der Waals surface area contributed by atoms with Gasteiger partial charge in [-0.3, -0.25) is 4.79 Å². The van der Waals surface area contributed by atoms with E-state index in [9.17, 15) is 4.79 Å². The molecule has 0 saturated carbocycles. The second-order valence-corrected chi connectivity index (χ2v) is 6.74. The van der Waals surface area contributed by atoms with Crippen LogP contribution in [0.1, 0.15) is 5.69 Å². The Hall–Kier alpha value is -0.600. The largest absolute Gasteiger partial charge is 0.383 e. The van der Waals surface area contributed by atoms with E-state index in [-0.39, 0.29) is 37.1 Å². The van der Waals surface area contributed by atoms with E-state index in [0.717, 1.165) is 22.8 Å². The summed E-state index contributed by atoms with van der Waals surface area (Å²) in [5.74, 6) is -0.0532. The first-order valence-corrected chi connectivity index (χ1v) is 9.10. The zero-order valence-corrected chi connectivity index (χ0v) is 18.1. The highest BCUT2D eigenvalue weighted by atomic mass is 35.5. The van der Waals surface area contributed by atoms with Crippen LogP contribution in [0.5, 0.6) is 0 Å². The molecule has 1 aromatic heterocycles. The van der Waals surface area contributed by atoms with E-state index in [1.54, 1.807) is 19.2 Å². The first kappa shape index (κ1) is 25.4. The molecule has 10 heteroatoms. The van der Waals surface area contributed by atoms with Crippen molar-refractivity contribution >= 4 is 65.3 Å². The van der Waals surface area contributed by atoms with Gasteiger partial charge >= 0.3 is 0 Å². The molecular weight excluding hydrogens is 440 g/mol. The average molecular weight is 461 g/mol. The molecule has 0 aliphatic heterocycles. The third-order valence-corrected chi connectivity index (χ3v) is 4.63. The smallest absolute Gasteiger partial charge is 0.226 e. The van der Waals surface area contributed by atoms with E-state index in [0.29, 0.717) is 29.7 Å². The summed E-state index contributed by atoms with van der Waals surface area (Å²) in [6, 6.07) is 5.29. The van der Waals surface area contributed by atoms with Crippen molar-refractivity contribution in [3.05, 3.63) is 39.3 Å². The number of thiazole rings is 1. The highest BCUT2D eigenvalue weighted by Crippen LogP contribution is 2.32. The second kappa shape index (κ2) is 13.6. The summed E-state index contributed by atoms with van der Waals surface area (Å²) < 4.78 is 4.93. The Balaban J connectivity index is 0.00000312. The summed E-state index contributed by atoms with van der Waals surface area (Å²) in [5, 5.41) is 9.80. The molecule has 0 atom stereocenters. The van der Waals surface area contributed by atoms with Gasteiger partial charge in [0, 0.05) is 42.7 Å². The van der Waals surface area contributed by atoms with E-state index in [2.05, 4.69) is 15.6 Å². The van der Waals surface area contributed by atoms with Crippen LogP contribution in [-0.4, -0.2) is 44.2 Å². The predicted octanol–water partition coefficient (Wildman–Crippen LogP) is 3.86. The van der Waals surface area contributed by atoms with Crippen molar-refractivity contribution in [3.63, 3.8) is 0 Å². The van der Waals surface area contributed by atoms with Crippen molar-refractivity contribution in [3.8, 4) is 10.6 Å². The highest BCUT2D eigenvalue weighted by molar-refractivity contribution is 7.13. The van der Waals surface area contributed by atoms with Crippen LogP contribution in [0.2, 0.25) is 10.0 Å². The van der Waals surface area contributed by atoms with Gasteiger partial charge in [-0.15, -0.1) is 36.2 Å². The average Bonchev–Trinajstić information content (AvgIpc) is 2.99. The molecule has 0 aliphatic carbocycles. The maximum absolute atomic E-state index is 11.9. The molecule has 1 aromatic carbocycles. The van der Waals surface area contributed by atoms with Gasteiger partial charge < -0.3 is 15.4 Å². The van der Waals surface area contributed by atoms with Crippen molar-refractivity contribution in [2.24, 2.45) is 0 Å². The first-order valence-electron chi connectivity index (χ1n) is 7.46. The molecule has 5 nitrogen and oxygen atoms in total. The summed E-state index contributed by atoms with van der Waals surface area (Å²) in [5.41, 5.74) is 1.55. The molecule has 0 spiro atoms. The lowest BCUT2D eigenvalue weighted by Gasteiger charge is -2.05. The monoisotopic (exact) mass is 459 g/mol. The van der Waals surface area contributed by atoms with Gasteiger partial charge in [0.15, 0.2) is 0 Å². The van der Waals surface area contributed by atoms with Crippen LogP contribution in [0.4, 0.5) is 0 Å². The van der Waals surface area contributed by atoms with Gasteiger partial charge in [0.05, 0.1) is 23.7 Å². The number of ether oxygens (including phenoxy) is 1. The first-order chi connectivity index (χ1) is 11.6. The minimum Gasteiger partial charge on any atom is -0.383 e. The number of rotatable bonds is 9. The maximum Gasteiger partial charge on any atom is 0.226 e. The summed E-state index contributed by atoms with van der Waals surface area (Å²) in [6.45, 7) is 2.70. The van der Waals surface area contributed by atoms with Crippen molar-refractivity contribution in [2.75, 3.05) is 33.4 Å². The zero-order chi connectivity index (χ0) is 17.4. The van der Waals surface area contributed by atoms with Gasteiger partial charge in [-0.25, -0.2) is 4.98 Å². The number of hydrogen-bond donors (Lipinski definition) is 2. The fraction of sp³-hybridized carbons (Fsp3) is 0.375. The number of nitrogens with one attached hydrogen (secondary N) is 2. The van der Waals surface area contributed by atoms with E-state index in [1.807, 2.05) is 11.4 Å². The van der Waals surface area contributed by atoms with Gasteiger partial charge in [-0.1, -0.05) is 23.2 Å². The lowest BCUT2D eigenvalue weighted by atomic mass is 10.2. The van der Waals surface area contributed by atoms with Crippen LogP contribution in [-0.2, 0) is 16.0 Å². The lowest BCUT2D eigenvalue weighted by Crippen LogP contribution is -2.33. The summed E-state index contributed by atoms with van der Waals surface area (Å²) in [4.78, 5) is 16.4. The number of halogens is 4. The Morgan fingerprint density at radius 2 is 2.00 bits per heavy atom. The van der Waals surface area contributed by atoms with Gasteiger partial charge in [-0.2, -0.15) is 0 Å². The third kappa shape index (κ3) is 8.39. The minimum atomic E-state index is -0.0532. The molecular formula is C16H21Cl4N3O2S. The Kier molecular flexibility index (Phi) is 13.2. The second-order valence-electron chi connectivity index (χ2n) is 5.04. The number of hydrogen-bond acceptors (Lipinski definition) is 5. The Labute approximate surface area is 179 Å². The Morgan fingerprint density at radius 1 is 1.23 bits per heavy atom. The van der Waals surface area contributed by atoms with Crippen molar-refractivity contribution < 1.29 is 9.53 Å². The number of carbonyl (C=O) groups excluding carboxylic acids is 1. The van der Waals surface area contributed by atoms with Crippen molar-refractivity contribution in [2.45, 2.75) is 6.42 Å². The van der Waals surface area contributed by atoms with Crippen LogP contribution in [0, 0.1) is 0 Å². The van der Waals surface area contributed by atoms with Crippen molar-refractivity contribution in [1.29, 1.82) is 0 Å². The quantitative estimate of drug-likeness (QED) is 0.557. The fourth-order valence-electron chi connectivity index (χ4n) is 1.99. The van der Waals surface area contributed by atoms with Crippen LogP contribution in [0.3, 0.4) is 0 Å². The van der Waals surface area contributed by atoms with E-state index in [4.69, 9.17) is 27.9 Å². The Bertz CT molecular complexity index is 685. The van der Waals surface area contributed by atoms with Gasteiger partial charge in [0.2, 0.25) is 5.91 Å². The van der Waals surface area contributed by atoms with Crippen molar-refractivity contribution in [1.82, 2.24) is 15.6 Å². The molecule has 2 N–H and O–H groups in total. The normalized spacial score (nSPS) is 9.96. The van der Waals surface area contributed by atoms with Crippen LogP contribution in [0.15, 0.2) is 23.6 Å². The zero-order valence-electron chi connectivity index (χ0n) is 14.1. The molecule has 2 rings (SSSR count). The molecule has 0 saturated heterocycles. The molecule has 0 unspecified atom stereocenters. The molecule has 0 bridgehead atoms. The number of benzene rings is 1. The third-order valence-electron chi connectivity index (χ3n) is 3.16. The Morgan fingerprint density at radius 3 is 2.69 bits per heavy atom. The molecule has 0 radical (unpaired) electrons.